The van der Waals surface area contributed by atoms with E-state index in [-0.39, 0.29) is 6.42 Å². The zero-order valence-corrected chi connectivity index (χ0v) is 18.5. The second kappa shape index (κ2) is 22.6. The molecule has 0 fully saturated rings. The molecule has 3 heteroatoms. The van der Waals surface area contributed by atoms with E-state index in [4.69, 9.17) is 10.8 Å². The fourth-order valence-corrected chi connectivity index (χ4v) is 2.35. The second-order valence-electron chi connectivity index (χ2n) is 6.68. The maximum absolute atomic E-state index is 10.3. The number of benzene rings is 1. The Hall–Kier alpha value is -2.65. The number of unbranched alkanes of at least 4 members (excludes halogenated alkanes) is 1. The van der Waals surface area contributed by atoms with E-state index in [1.165, 1.54) is 5.56 Å². The zero-order chi connectivity index (χ0) is 22.1. The highest BCUT2D eigenvalue weighted by atomic mass is 16.4. The van der Waals surface area contributed by atoms with Crippen LogP contribution in [0.15, 0.2) is 91.1 Å². The molecule has 1 aromatic rings. The average molecular weight is 410 g/mol. The Labute approximate surface area is 183 Å². The van der Waals surface area contributed by atoms with Gasteiger partial charge >= 0.3 is 5.97 Å². The summed E-state index contributed by atoms with van der Waals surface area (Å²) in [6, 6.07) is 9.99. The molecule has 0 spiro atoms. The van der Waals surface area contributed by atoms with Gasteiger partial charge in [0.05, 0.1) is 0 Å². The van der Waals surface area contributed by atoms with Crippen LogP contribution in [0.1, 0.15) is 63.9 Å². The van der Waals surface area contributed by atoms with Gasteiger partial charge in [0.1, 0.15) is 0 Å². The van der Waals surface area contributed by atoms with Crippen molar-refractivity contribution in [2.45, 2.75) is 64.8 Å². The Morgan fingerprint density at radius 3 is 1.67 bits per heavy atom. The van der Waals surface area contributed by atoms with Crippen molar-refractivity contribution in [2.24, 2.45) is 5.73 Å². The lowest BCUT2D eigenvalue weighted by Gasteiger charge is -1.90. The number of hydrogen-bond acceptors (Lipinski definition) is 2. The molecule has 0 unspecified atom stereocenters. The van der Waals surface area contributed by atoms with Gasteiger partial charge < -0.3 is 10.8 Å². The summed E-state index contributed by atoms with van der Waals surface area (Å²) < 4.78 is 0. The molecule has 0 saturated carbocycles. The van der Waals surface area contributed by atoms with Crippen molar-refractivity contribution in [1.82, 2.24) is 0 Å². The fraction of sp³-hybridized carbons (Fsp3) is 0.370. The van der Waals surface area contributed by atoms with Crippen molar-refractivity contribution < 1.29 is 9.90 Å². The predicted octanol–water partition coefficient (Wildman–Crippen LogP) is 7.14. The molecule has 1 rings (SSSR count). The number of rotatable bonds is 14. The summed E-state index contributed by atoms with van der Waals surface area (Å²) >= 11 is 0. The molecule has 0 aromatic heterocycles. The molecule has 0 saturated heterocycles. The summed E-state index contributed by atoms with van der Waals surface area (Å²) in [6.45, 7) is 2.78. The van der Waals surface area contributed by atoms with Gasteiger partial charge in [-0.25, -0.2) is 0 Å². The monoisotopic (exact) mass is 409 g/mol. The maximum Gasteiger partial charge on any atom is 0.303 e. The van der Waals surface area contributed by atoms with E-state index in [1.54, 1.807) is 0 Å². The first-order valence-electron chi connectivity index (χ1n) is 10.9. The number of aliphatic carboxylic acids is 1. The second-order valence-corrected chi connectivity index (χ2v) is 6.68. The smallest absolute Gasteiger partial charge is 0.303 e. The van der Waals surface area contributed by atoms with Crippen molar-refractivity contribution in [3.8, 4) is 0 Å². The molecule has 0 aliphatic heterocycles. The topological polar surface area (TPSA) is 63.3 Å². The summed E-state index contributed by atoms with van der Waals surface area (Å²) in [7, 11) is 0. The minimum atomic E-state index is -0.715. The van der Waals surface area contributed by atoms with Crippen LogP contribution in [0.2, 0.25) is 0 Å². The lowest BCUT2D eigenvalue weighted by atomic mass is 10.2. The molecule has 30 heavy (non-hydrogen) atoms. The van der Waals surface area contributed by atoms with E-state index in [9.17, 15) is 4.79 Å². The molecule has 0 radical (unpaired) electrons. The van der Waals surface area contributed by atoms with Crippen LogP contribution in [-0.2, 0) is 11.3 Å². The highest BCUT2D eigenvalue weighted by Gasteiger charge is 1.92. The molecule has 0 bridgehead atoms. The summed E-state index contributed by atoms with van der Waals surface area (Å²) in [6.07, 6.45) is 28.4. The SMILES string of the molecule is CCC=CCC=CCC=CC/C=C\C/C=C/CCCC(=O)O.NCc1ccccc1. The number of nitrogens with two attached hydrogens (primary N) is 1. The minimum Gasteiger partial charge on any atom is -0.481 e. The van der Waals surface area contributed by atoms with Gasteiger partial charge in [0.2, 0.25) is 0 Å². The van der Waals surface area contributed by atoms with E-state index in [1.807, 2.05) is 30.3 Å². The standard InChI is InChI=1S/C20H30O2.C7H9N/c1-2-3-4-5-6-7-8-9-10-11-12-13-14-15-16-17-18-19-20(21)22;8-6-7-4-2-1-3-5-7/h3-4,6-7,9-10,12-13,15-16H,2,5,8,11,14,17-19H2,1H3,(H,21,22);1-5H,6,8H2/b4-3?,7-6?,10-9?,13-12-,16-15+;. The van der Waals surface area contributed by atoms with Crippen molar-refractivity contribution >= 4 is 5.97 Å². The van der Waals surface area contributed by atoms with Crippen LogP contribution in [0.5, 0.6) is 0 Å². The molecule has 0 atom stereocenters. The summed E-state index contributed by atoms with van der Waals surface area (Å²) in [5.41, 5.74) is 6.54. The average Bonchev–Trinajstić information content (AvgIpc) is 2.76. The quantitative estimate of drug-likeness (QED) is 0.253. The van der Waals surface area contributed by atoms with E-state index in [0.29, 0.717) is 6.54 Å². The van der Waals surface area contributed by atoms with E-state index in [2.05, 4.69) is 67.7 Å². The Morgan fingerprint density at radius 1 is 0.800 bits per heavy atom. The van der Waals surface area contributed by atoms with Crippen LogP contribution >= 0.6 is 0 Å². The first kappa shape index (κ1) is 27.4. The van der Waals surface area contributed by atoms with Crippen LogP contribution in [0.4, 0.5) is 0 Å². The van der Waals surface area contributed by atoms with Gasteiger partial charge in [0, 0.05) is 13.0 Å². The van der Waals surface area contributed by atoms with Gasteiger partial charge in [-0.05, 0) is 50.5 Å². The Bertz CT molecular complexity index is 655. The molecule has 3 N–H and O–H groups in total. The molecule has 0 heterocycles. The van der Waals surface area contributed by atoms with E-state index in [0.717, 1.165) is 44.9 Å². The highest BCUT2D eigenvalue weighted by molar-refractivity contribution is 5.66. The van der Waals surface area contributed by atoms with Gasteiger partial charge in [-0.1, -0.05) is 98.0 Å². The largest absolute Gasteiger partial charge is 0.481 e. The fourth-order valence-electron chi connectivity index (χ4n) is 2.35. The molecule has 0 aliphatic rings. The summed E-state index contributed by atoms with van der Waals surface area (Å²) in [4.78, 5) is 10.3. The first-order valence-corrected chi connectivity index (χ1v) is 10.9. The molecular weight excluding hydrogens is 370 g/mol. The van der Waals surface area contributed by atoms with E-state index >= 15 is 0 Å². The lowest BCUT2D eigenvalue weighted by molar-refractivity contribution is -0.137. The van der Waals surface area contributed by atoms with Gasteiger partial charge in [0.15, 0.2) is 0 Å². The number of carboxylic acids is 1. The summed E-state index contributed by atoms with van der Waals surface area (Å²) in [5.74, 6) is -0.715. The van der Waals surface area contributed by atoms with Crippen LogP contribution in [0.3, 0.4) is 0 Å². The third-order valence-electron chi connectivity index (χ3n) is 4.00. The number of hydrogen-bond donors (Lipinski definition) is 2. The molecular formula is C27H39NO2. The molecule has 0 amide bonds. The van der Waals surface area contributed by atoms with Crippen LogP contribution in [0.25, 0.3) is 0 Å². The van der Waals surface area contributed by atoms with Gasteiger partial charge in [0.25, 0.3) is 0 Å². The van der Waals surface area contributed by atoms with Gasteiger partial charge in [-0.2, -0.15) is 0 Å². The number of carbonyl (C=O) groups is 1. The van der Waals surface area contributed by atoms with Crippen LogP contribution in [0, 0.1) is 0 Å². The van der Waals surface area contributed by atoms with Crippen LogP contribution < -0.4 is 5.73 Å². The molecule has 3 nitrogen and oxygen atoms in total. The highest BCUT2D eigenvalue weighted by Crippen LogP contribution is 1.99. The molecule has 1 aromatic carbocycles. The van der Waals surface area contributed by atoms with Crippen molar-refractivity contribution in [2.75, 3.05) is 0 Å². The third-order valence-corrected chi connectivity index (χ3v) is 4.00. The number of allylic oxidation sites excluding steroid dienone is 10. The normalized spacial score (nSPS) is 11.8. The predicted molar refractivity (Wildman–Crippen MR) is 130 cm³/mol. The van der Waals surface area contributed by atoms with Crippen molar-refractivity contribution in [3.05, 3.63) is 96.7 Å². The van der Waals surface area contributed by atoms with Crippen molar-refractivity contribution in [1.29, 1.82) is 0 Å². The Morgan fingerprint density at radius 2 is 1.27 bits per heavy atom. The Kier molecular flexibility index (Phi) is 20.6. The van der Waals surface area contributed by atoms with Gasteiger partial charge in [-0.3, -0.25) is 4.79 Å². The van der Waals surface area contributed by atoms with Crippen molar-refractivity contribution in [3.63, 3.8) is 0 Å². The van der Waals surface area contributed by atoms with Gasteiger partial charge in [-0.15, -0.1) is 0 Å². The zero-order valence-electron chi connectivity index (χ0n) is 18.5. The first-order chi connectivity index (χ1) is 14.7. The third kappa shape index (κ3) is 21.6. The maximum atomic E-state index is 10.3. The van der Waals surface area contributed by atoms with E-state index < -0.39 is 5.97 Å². The minimum absolute atomic E-state index is 0.258. The molecule has 164 valence electrons. The lowest BCUT2D eigenvalue weighted by Crippen LogP contribution is -1.94. The Balaban J connectivity index is 0.000000867. The number of carboxylic acid groups (broad SMARTS) is 1. The van der Waals surface area contributed by atoms with Crippen LogP contribution in [-0.4, -0.2) is 11.1 Å². The molecule has 0 aliphatic carbocycles. The summed E-state index contributed by atoms with van der Waals surface area (Å²) in [5, 5.41) is 8.49.